The standard InChI is InChI=1S/C54H41N3/c1-38-19-14-15-34-49(38)51(50(39-20-6-2-7-21-39)40-22-8-3-9-23-40)47-32-17-30-45(36-47)43-28-16-29-44(35-43)46-31-18-33-48(37-46)54-56-52(41-24-10-4-11-25-41)55-53(57-54)42-26-12-5-13-27-42/h2-18,20-38H,19H2,1H3. The minimum Gasteiger partial charge on any atom is -0.208 e. The summed E-state index contributed by atoms with van der Waals surface area (Å²) in [5, 5.41) is 0. The van der Waals surface area contributed by atoms with Crippen molar-refractivity contribution in [1.82, 2.24) is 15.0 Å². The fourth-order valence-corrected chi connectivity index (χ4v) is 7.70. The van der Waals surface area contributed by atoms with Crippen LogP contribution in [0.15, 0.2) is 218 Å². The lowest BCUT2D eigenvalue weighted by Crippen LogP contribution is -2.07. The summed E-state index contributed by atoms with van der Waals surface area (Å²) in [6, 6.07) is 68.3. The maximum atomic E-state index is 4.99. The van der Waals surface area contributed by atoms with Crippen LogP contribution in [-0.4, -0.2) is 15.0 Å². The van der Waals surface area contributed by atoms with E-state index in [2.05, 4.69) is 159 Å². The molecule has 0 aliphatic heterocycles. The Balaban J connectivity index is 1.13. The summed E-state index contributed by atoms with van der Waals surface area (Å²) in [6.07, 6.45) is 7.82. The van der Waals surface area contributed by atoms with Crippen LogP contribution in [0.3, 0.4) is 0 Å². The highest BCUT2D eigenvalue weighted by Gasteiger charge is 2.22. The van der Waals surface area contributed by atoms with Crippen molar-refractivity contribution in [2.75, 3.05) is 0 Å². The van der Waals surface area contributed by atoms with Gasteiger partial charge in [-0.2, -0.15) is 0 Å². The number of hydrogen-bond acceptors (Lipinski definition) is 3. The van der Waals surface area contributed by atoms with Gasteiger partial charge in [-0.3, -0.25) is 0 Å². The Bertz CT molecular complexity index is 2650. The molecule has 3 heteroatoms. The van der Waals surface area contributed by atoms with Gasteiger partial charge in [0.1, 0.15) is 0 Å². The van der Waals surface area contributed by atoms with Gasteiger partial charge in [0.2, 0.25) is 0 Å². The van der Waals surface area contributed by atoms with E-state index >= 15 is 0 Å². The van der Waals surface area contributed by atoms with Crippen molar-refractivity contribution in [3.05, 3.63) is 235 Å². The lowest BCUT2D eigenvalue weighted by Gasteiger charge is -2.25. The van der Waals surface area contributed by atoms with E-state index < -0.39 is 0 Å². The molecule has 0 saturated heterocycles. The summed E-state index contributed by atoms with van der Waals surface area (Å²) in [4.78, 5) is 14.9. The quantitative estimate of drug-likeness (QED) is 0.139. The molecule has 1 atom stereocenters. The largest absolute Gasteiger partial charge is 0.208 e. The third-order valence-electron chi connectivity index (χ3n) is 10.6. The first-order chi connectivity index (χ1) is 28.2. The Morgan fingerprint density at radius 1 is 0.386 bits per heavy atom. The summed E-state index contributed by atoms with van der Waals surface area (Å²) in [5.74, 6) is 2.32. The molecule has 1 aliphatic carbocycles. The number of allylic oxidation sites excluding steroid dienone is 5. The normalized spacial score (nSPS) is 13.5. The fraction of sp³-hybridized carbons (Fsp3) is 0.0556. The Morgan fingerprint density at radius 2 is 0.772 bits per heavy atom. The number of aromatic nitrogens is 3. The first kappa shape index (κ1) is 35.5. The first-order valence-electron chi connectivity index (χ1n) is 19.6. The van der Waals surface area contributed by atoms with Crippen molar-refractivity contribution in [3.63, 3.8) is 0 Å². The molecule has 272 valence electrons. The fourth-order valence-electron chi connectivity index (χ4n) is 7.70. The van der Waals surface area contributed by atoms with Crippen molar-refractivity contribution >= 4 is 11.1 Å². The van der Waals surface area contributed by atoms with Crippen LogP contribution in [0, 0.1) is 5.92 Å². The van der Waals surface area contributed by atoms with Crippen LogP contribution in [0.5, 0.6) is 0 Å². The maximum absolute atomic E-state index is 4.99. The molecule has 0 spiro atoms. The van der Waals surface area contributed by atoms with Crippen molar-refractivity contribution in [2.45, 2.75) is 13.3 Å². The van der Waals surface area contributed by atoms with E-state index in [-0.39, 0.29) is 0 Å². The minimum atomic E-state index is 0.378. The molecule has 0 N–H and O–H groups in total. The van der Waals surface area contributed by atoms with E-state index in [9.17, 15) is 0 Å². The highest BCUT2D eigenvalue weighted by Crippen LogP contribution is 2.42. The zero-order chi connectivity index (χ0) is 38.4. The van der Waals surface area contributed by atoms with Gasteiger partial charge >= 0.3 is 0 Å². The molecular formula is C54H41N3. The molecule has 0 radical (unpaired) electrons. The van der Waals surface area contributed by atoms with Gasteiger partial charge in [-0.25, -0.2) is 15.0 Å². The average molecular weight is 732 g/mol. The van der Waals surface area contributed by atoms with Gasteiger partial charge in [-0.15, -0.1) is 0 Å². The second-order valence-corrected chi connectivity index (χ2v) is 14.4. The van der Waals surface area contributed by atoms with Crippen LogP contribution in [-0.2, 0) is 0 Å². The first-order valence-corrected chi connectivity index (χ1v) is 19.6. The molecule has 57 heavy (non-hydrogen) atoms. The summed E-state index contributed by atoms with van der Waals surface area (Å²) in [6.45, 7) is 2.34. The van der Waals surface area contributed by atoms with Gasteiger partial charge < -0.3 is 0 Å². The van der Waals surface area contributed by atoms with Gasteiger partial charge in [0.25, 0.3) is 0 Å². The monoisotopic (exact) mass is 731 g/mol. The molecule has 0 saturated carbocycles. The van der Waals surface area contributed by atoms with Gasteiger partial charge in [-0.05, 0) is 86.2 Å². The molecule has 8 aromatic rings. The van der Waals surface area contributed by atoms with E-state index in [0.717, 1.165) is 39.8 Å². The second-order valence-electron chi connectivity index (χ2n) is 14.4. The van der Waals surface area contributed by atoms with E-state index in [1.807, 2.05) is 60.7 Å². The van der Waals surface area contributed by atoms with E-state index in [4.69, 9.17) is 15.0 Å². The highest BCUT2D eigenvalue weighted by molar-refractivity contribution is 6.05. The molecule has 1 unspecified atom stereocenters. The van der Waals surface area contributed by atoms with Crippen LogP contribution in [0.25, 0.3) is 67.6 Å². The lowest BCUT2D eigenvalue weighted by atomic mass is 9.78. The smallest absolute Gasteiger partial charge is 0.164 e. The minimum absolute atomic E-state index is 0.378. The second kappa shape index (κ2) is 16.2. The Kier molecular flexibility index (Phi) is 10.1. The van der Waals surface area contributed by atoms with E-state index in [1.165, 1.54) is 39.0 Å². The van der Waals surface area contributed by atoms with E-state index in [0.29, 0.717) is 23.4 Å². The molecule has 3 nitrogen and oxygen atoms in total. The predicted molar refractivity (Wildman–Crippen MR) is 237 cm³/mol. The summed E-state index contributed by atoms with van der Waals surface area (Å²) < 4.78 is 0. The Morgan fingerprint density at radius 3 is 1.28 bits per heavy atom. The number of benzene rings is 7. The van der Waals surface area contributed by atoms with Gasteiger partial charge in [0, 0.05) is 16.7 Å². The Labute approximate surface area is 335 Å². The Hall–Kier alpha value is -7.23. The topological polar surface area (TPSA) is 38.7 Å². The van der Waals surface area contributed by atoms with Gasteiger partial charge in [0.05, 0.1) is 0 Å². The van der Waals surface area contributed by atoms with Crippen molar-refractivity contribution in [2.24, 2.45) is 5.92 Å². The molecule has 1 heterocycles. The molecular weight excluding hydrogens is 691 g/mol. The molecule has 0 amide bonds. The highest BCUT2D eigenvalue weighted by atomic mass is 15.0. The molecule has 1 aromatic heterocycles. The third-order valence-corrected chi connectivity index (χ3v) is 10.6. The summed E-state index contributed by atoms with van der Waals surface area (Å²) in [7, 11) is 0. The van der Waals surface area contributed by atoms with Crippen LogP contribution < -0.4 is 0 Å². The maximum Gasteiger partial charge on any atom is 0.164 e. The van der Waals surface area contributed by atoms with E-state index in [1.54, 1.807) is 0 Å². The molecule has 9 rings (SSSR count). The van der Waals surface area contributed by atoms with Crippen molar-refractivity contribution in [1.29, 1.82) is 0 Å². The zero-order valence-corrected chi connectivity index (χ0v) is 31.8. The van der Waals surface area contributed by atoms with Crippen LogP contribution in [0.2, 0.25) is 0 Å². The van der Waals surface area contributed by atoms with Gasteiger partial charge in [0.15, 0.2) is 17.5 Å². The van der Waals surface area contributed by atoms with Gasteiger partial charge in [-0.1, -0.05) is 201 Å². The van der Waals surface area contributed by atoms with Crippen molar-refractivity contribution in [3.8, 4) is 56.4 Å². The molecule has 0 bridgehead atoms. The number of hydrogen-bond donors (Lipinski definition) is 0. The predicted octanol–water partition coefficient (Wildman–Crippen LogP) is 13.7. The average Bonchev–Trinajstić information content (AvgIpc) is 3.29. The van der Waals surface area contributed by atoms with Crippen molar-refractivity contribution < 1.29 is 0 Å². The summed E-state index contributed by atoms with van der Waals surface area (Å²) >= 11 is 0. The molecule has 1 aliphatic rings. The van der Waals surface area contributed by atoms with Crippen LogP contribution >= 0.6 is 0 Å². The number of rotatable bonds is 9. The molecule has 7 aromatic carbocycles. The summed E-state index contributed by atoms with van der Waals surface area (Å²) in [5.41, 5.74) is 14.9. The third kappa shape index (κ3) is 7.69. The lowest BCUT2D eigenvalue weighted by molar-refractivity contribution is 0.708. The van der Waals surface area contributed by atoms with Crippen LogP contribution in [0.1, 0.15) is 30.0 Å². The number of nitrogens with zero attached hydrogens (tertiary/aromatic N) is 3. The SMILES string of the molecule is CC1CC=CC=C1C(=C(c1ccccc1)c1ccccc1)c1cccc(-c2cccc(-c3cccc(-c4nc(-c5ccccc5)nc(-c5ccccc5)n4)c3)c2)c1. The van der Waals surface area contributed by atoms with Crippen LogP contribution in [0.4, 0.5) is 0 Å². The zero-order valence-electron chi connectivity index (χ0n) is 31.8. The molecule has 0 fully saturated rings.